The third-order valence-electron chi connectivity index (χ3n) is 3.88. The molecule has 0 spiro atoms. The highest BCUT2D eigenvalue weighted by Crippen LogP contribution is 2.23. The summed E-state index contributed by atoms with van der Waals surface area (Å²) in [6.45, 7) is 2.36. The Bertz CT molecular complexity index is 427. The standard InChI is InChI=1S/C16H22FNO2/c1-12(14-7-9-15(17)10-8-14)18-16(19)20-11-13-5-3-2-4-6-13/h7-10,12-13H,2-6,11H2,1H3,(H,18,19). The molecule has 1 aliphatic rings. The highest BCUT2D eigenvalue weighted by atomic mass is 19.1. The van der Waals surface area contributed by atoms with Crippen molar-refractivity contribution in [1.29, 1.82) is 0 Å². The maximum atomic E-state index is 12.8. The summed E-state index contributed by atoms with van der Waals surface area (Å²) in [5.74, 6) is 0.233. The average Bonchev–Trinajstić information content (AvgIpc) is 2.47. The Labute approximate surface area is 119 Å². The Morgan fingerprint density at radius 2 is 1.95 bits per heavy atom. The van der Waals surface area contributed by atoms with Crippen molar-refractivity contribution in [1.82, 2.24) is 5.32 Å². The van der Waals surface area contributed by atoms with Crippen molar-refractivity contribution >= 4 is 6.09 Å². The molecule has 1 atom stereocenters. The Hall–Kier alpha value is -1.58. The van der Waals surface area contributed by atoms with E-state index in [1.54, 1.807) is 12.1 Å². The molecule has 1 saturated carbocycles. The van der Waals surface area contributed by atoms with Gasteiger partial charge in [0.15, 0.2) is 0 Å². The third kappa shape index (κ3) is 4.51. The minimum Gasteiger partial charge on any atom is -0.449 e. The van der Waals surface area contributed by atoms with Crippen LogP contribution in [0.25, 0.3) is 0 Å². The van der Waals surface area contributed by atoms with Crippen LogP contribution >= 0.6 is 0 Å². The van der Waals surface area contributed by atoms with Gasteiger partial charge in [0.25, 0.3) is 0 Å². The van der Waals surface area contributed by atoms with E-state index in [1.165, 1.54) is 31.4 Å². The molecule has 4 heteroatoms. The van der Waals surface area contributed by atoms with E-state index in [2.05, 4.69) is 5.32 Å². The molecule has 2 rings (SSSR count). The van der Waals surface area contributed by atoms with Crippen LogP contribution in [0, 0.1) is 11.7 Å². The minimum atomic E-state index is -0.396. The number of carbonyl (C=O) groups is 1. The number of hydrogen-bond acceptors (Lipinski definition) is 2. The van der Waals surface area contributed by atoms with Crippen molar-refractivity contribution < 1.29 is 13.9 Å². The number of nitrogens with one attached hydrogen (secondary N) is 1. The molecular weight excluding hydrogens is 257 g/mol. The topological polar surface area (TPSA) is 38.3 Å². The maximum absolute atomic E-state index is 12.8. The minimum absolute atomic E-state index is 0.186. The molecule has 0 aliphatic heterocycles. The van der Waals surface area contributed by atoms with Gasteiger partial charge < -0.3 is 10.1 Å². The first-order valence-electron chi connectivity index (χ1n) is 7.34. The zero-order valence-electron chi connectivity index (χ0n) is 11.9. The molecular formula is C16H22FNO2. The number of amides is 1. The Balaban J connectivity index is 1.74. The van der Waals surface area contributed by atoms with Crippen LogP contribution in [0.2, 0.25) is 0 Å². The van der Waals surface area contributed by atoms with Gasteiger partial charge in [-0.1, -0.05) is 31.4 Å². The van der Waals surface area contributed by atoms with Gasteiger partial charge in [-0.05, 0) is 43.4 Å². The van der Waals surface area contributed by atoms with Crippen molar-refractivity contribution in [2.24, 2.45) is 5.92 Å². The van der Waals surface area contributed by atoms with Crippen LogP contribution in [-0.2, 0) is 4.74 Å². The lowest BCUT2D eigenvalue weighted by Crippen LogP contribution is -2.29. The van der Waals surface area contributed by atoms with Crippen LogP contribution in [0.4, 0.5) is 9.18 Å². The Morgan fingerprint density at radius 3 is 2.60 bits per heavy atom. The summed E-state index contributed by atoms with van der Waals surface area (Å²) in [6.07, 6.45) is 5.68. The molecule has 3 nitrogen and oxygen atoms in total. The molecule has 0 aromatic heterocycles. The fourth-order valence-electron chi connectivity index (χ4n) is 2.60. The van der Waals surface area contributed by atoms with Gasteiger partial charge in [0, 0.05) is 0 Å². The van der Waals surface area contributed by atoms with E-state index in [-0.39, 0.29) is 11.9 Å². The molecule has 1 aromatic rings. The fraction of sp³-hybridized carbons (Fsp3) is 0.562. The van der Waals surface area contributed by atoms with E-state index in [0.29, 0.717) is 12.5 Å². The van der Waals surface area contributed by atoms with E-state index in [0.717, 1.165) is 18.4 Å². The number of carbonyl (C=O) groups excluding carboxylic acids is 1. The van der Waals surface area contributed by atoms with E-state index in [4.69, 9.17) is 4.74 Å². The van der Waals surface area contributed by atoms with Gasteiger partial charge in [-0.3, -0.25) is 0 Å². The van der Waals surface area contributed by atoms with Crippen LogP contribution in [-0.4, -0.2) is 12.7 Å². The van der Waals surface area contributed by atoms with Crippen molar-refractivity contribution in [2.75, 3.05) is 6.61 Å². The van der Waals surface area contributed by atoms with Gasteiger partial charge in [-0.25, -0.2) is 9.18 Å². The van der Waals surface area contributed by atoms with Gasteiger partial charge in [0.05, 0.1) is 12.6 Å². The molecule has 1 aromatic carbocycles. The molecule has 20 heavy (non-hydrogen) atoms. The first-order chi connectivity index (χ1) is 9.65. The lowest BCUT2D eigenvalue weighted by Gasteiger charge is -2.22. The highest BCUT2D eigenvalue weighted by molar-refractivity contribution is 5.67. The normalized spacial score (nSPS) is 17.5. The van der Waals surface area contributed by atoms with E-state index >= 15 is 0 Å². The van der Waals surface area contributed by atoms with Crippen LogP contribution in [0.5, 0.6) is 0 Å². The summed E-state index contributed by atoms with van der Waals surface area (Å²) >= 11 is 0. The molecule has 0 bridgehead atoms. The zero-order chi connectivity index (χ0) is 14.4. The molecule has 0 heterocycles. The predicted molar refractivity (Wildman–Crippen MR) is 75.9 cm³/mol. The van der Waals surface area contributed by atoms with Crippen molar-refractivity contribution in [3.63, 3.8) is 0 Å². The summed E-state index contributed by atoms with van der Waals surface area (Å²) in [5, 5.41) is 2.77. The summed E-state index contributed by atoms with van der Waals surface area (Å²) in [7, 11) is 0. The SMILES string of the molecule is CC(NC(=O)OCC1CCCCC1)c1ccc(F)cc1. The molecule has 1 fully saturated rings. The Morgan fingerprint density at radius 1 is 1.30 bits per heavy atom. The molecule has 110 valence electrons. The van der Waals surface area contributed by atoms with Crippen molar-refractivity contribution in [2.45, 2.75) is 45.1 Å². The average molecular weight is 279 g/mol. The van der Waals surface area contributed by atoms with Gasteiger partial charge in [0.2, 0.25) is 0 Å². The second-order valence-corrected chi connectivity index (χ2v) is 5.52. The highest BCUT2D eigenvalue weighted by Gasteiger charge is 2.16. The first kappa shape index (κ1) is 14.8. The maximum Gasteiger partial charge on any atom is 0.407 e. The number of hydrogen-bond donors (Lipinski definition) is 1. The number of rotatable bonds is 4. The lowest BCUT2D eigenvalue weighted by molar-refractivity contribution is 0.113. The van der Waals surface area contributed by atoms with Crippen molar-refractivity contribution in [3.8, 4) is 0 Å². The van der Waals surface area contributed by atoms with Crippen LogP contribution in [0.3, 0.4) is 0 Å². The summed E-state index contributed by atoms with van der Waals surface area (Å²) in [6, 6.07) is 5.93. The van der Waals surface area contributed by atoms with E-state index in [9.17, 15) is 9.18 Å². The van der Waals surface area contributed by atoms with Crippen LogP contribution in [0.1, 0.15) is 50.6 Å². The largest absolute Gasteiger partial charge is 0.449 e. The Kier molecular flexibility index (Phi) is 5.39. The molecule has 1 N–H and O–H groups in total. The number of benzene rings is 1. The number of alkyl carbamates (subject to hydrolysis) is 1. The fourth-order valence-corrected chi connectivity index (χ4v) is 2.60. The monoisotopic (exact) mass is 279 g/mol. The van der Waals surface area contributed by atoms with E-state index < -0.39 is 6.09 Å². The van der Waals surface area contributed by atoms with Gasteiger partial charge in [-0.2, -0.15) is 0 Å². The summed E-state index contributed by atoms with van der Waals surface area (Å²) in [5.41, 5.74) is 0.862. The molecule has 1 aliphatic carbocycles. The molecule has 0 saturated heterocycles. The smallest absolute Gasteiger partial charge is 0.407 e. The van der Waals surface area contributed by atoms with Gasteiger partial charge >= 0.3 is 6.09 Å². The van der Waals surface area contributed by atoms with Gasteiger partial charge in [-0.15, -0.1) is 0 Å². The van der Waals surface area contributed by atoms with Crippen molar-refractivity contribution in [3.05, 3.63) is 35.6 Å². The number of halogens is 1. The molecule has 0 radical (unpaired) electrons. The third-order valence-corrected chi connectivity index (χ3v) is 3.88. The summed E-state index contributed by atoms with van der Waals surface area (Å²) in [4.78, 5) is 11.7. The summed E-state index contributed by atoms with van der Waals surface area (Å²) < 4.78 is 18.1. The van der Waals surface area contributed by atoms with Crippen LogP contribution in [0.15, 0.2) is 24.3 Å². The lowest BCUT2D eigenvalue weighted by atomic mass is 9.90. The van der Waals surface area contributed by atoms with Gasteiger partial charge in [0.1, 0.15) is 5.82 Å². The van der Waals surface area contributed by atoms with Crippen LogP contribution < -0.4 is 5.32 Å². The molecule has 1 unspecified atom stereocenters. The van der Waals surface area contributed by atoms with E-state index in [1.807, 2.05) is 6.92 Å². The quantitative estimate of drug-likeness (QED) is 0.897. The first-order valence-corrected chi connectivity index (χ1v) is 7.34. The second-order valence-electron chi connectivity index (χ2n) is 5.52. The molecule has 1 amide bonds. The zero-order valence-corrected chi connectivity index (χ0v) is 11.9. The number of ether oxygens (including phenoxy) is 1. The predicted octanol–water partition coefficient (Wildman–Crippen LogP) is 4.19. The second kappa shape index (κ2) is 7.27.